The average Bonchev–Trinajstić information content (AvgIpc) is 3.84. The Morgan fingerprint density at radius 2 is 1.78 bits per heavy atom. The number of hydrogen-bond acceptors (Lipinski definition) is 5. The van der Waals surface area contributed by atoms with Gasteiger partial charge >= 0.3 is 6.09 Å². The second kappa shape index (κ2) is 13.4. The molecule has 2 amide bonds. The molecule has 1 aromatic rings. The number of amides is 2. The minimum absolute atomic E-state index is 0.0146. The summed E-state index contributed by atoms with van der Waals surface area (Å²) in [6.07, 6.45) is 20.7. The molecule has 7 heteroatoms. The third-order valence-corrected chi connectivity index (χ3v) is 12.5. The Morgan fingerprint density at radius 1 is 0.978 bits per heavy atom. The number of aliphatic imine (C=N–C) groups is 1. The first-order valence-corrected chi connectivity index (χ1v) is 18.6. The molecule has 3 saturated carbocycles. The quantitative estimate of drug-likeness (QED) is 0.362. The number of nitrogens with zero attached hydrogens (tertiary/aromatic N) is 3. The standard InChI is InChI=1S/C38H56N4O3/c1-26-25-41(35-22-29(14-17-34(35)42(26)27(2)43)30-13-15-32(40-24-30)21-28-11-12-28)37(44)45-33-16-18-36-38(23-33,19-8-20-39-36)31-9-6-4-3-5-7-10-31/h14,17,22,26,28,30-31,33,36,39H,3-13,15-16,18-21,23-25H2,1-2H3. The summed E-state index contributed by atoms with van der Waals surface area (Å²) in [6.45, 7) is 6.06. The fraction of sp³-hybridized carbons (Fsp3) is 0.763. The van der Waals surface area contributed by atoms with Crippen LogP contribution in [0.15, 0.2) is 23.2 Å². The molecule has 3 heterocycles. The van der Waals surface area contributed by atoms with E-state index < -0.39 is 0 Å². The lowest BCUT2D eigenvalue weighted by atomic mass is 9.56. The van der Waals surface area contributed by atoms with Crippen LogP contribution in [0.25, 0.3) is 0 Å². The molecule has 1 N–H and O–H groups in total. The van der Waals surface area contributed by atoms with Crippen molar-refractivity contribution in [3.8, 4) is 0 Å². The van der Waals surface area contributed by atoms with E-state index in [-0.39, 0.29) is 29.6 Å². The number of nitrogens with one attached hydrogen (secondary N) is 1. The lowest BCUT2D eigenvalue weighted by Gasteiger charge is -2.54. The molecule has 3 aliphatic carbocycles. The van der Waals surface area contributed by atoms with Crippen LogP contribution in [-0.2, 0) is 9.53 Å². The third-order valence-electron chi connectivity index (χ3n) is 12.5. The normalized spacial score (nSPS) is 32.9. The Bertz CT molecular complexity index is 1270. The Hall–Kier alpha value is -2.41. The zero-order valence-corrected chi connectivity index (χ0v) is 27.9. The lowest BCUT2D eigenvalue weighted by molar-refractivity contribution is -0.117. The van der Waals surface area contributed by atoms with Crippen molar-refractivity contribution in [3.05, 3.63) is 23.8 Å². The van der Waals surface area contributed by atoms with Crippen LogP contribution in [-0.4, -0.2) is 55.5 Å². The monoisotopic (exact) mass is 616 g/mol. The number of anilines is 2. The van der Waals surface area contributed by atoms with E-state index in [2.05, 4.69) is 23.5 Å². The number of carbonyl (C=O) groups is 2. The Kier molecular flexibility index (Phi) is 9.27. The summed E-state index contributed by atoms with van der Waals surface area (Å²) in [5, 5.41) is 3.92. The van der Waals surface area contributed by atoms with E-state index >= 15 is 0 Å². The van der Waals surface area contributed by atoms with E-state index in [9.17, 15) is 9.59 Å². The van der Waals surface area contributed by atoms with Crippen molar-refractivity contribution in [2.45, 2.75) is 147 Å². The molecule has 5 atom stereocenters. The van der Waals surface area contributed by atoms with Gasteiger partial charge in [-0.25, -0.2) is 4.79 Å². The molecule has 4 fully saturated rings. The minimum atomic E-state index is -0.239. The van der Waals surface area contributed by atoms with Crippen LogP contribution < -0.4 is 15.1 Å². The molecular formula is C38H56N4O3. The fourth-order valence-corrected chi connectivity index (χ4v) is 9.97. The molecule has 3 aliphatic heterocycles. The topological polar surface area (TPSA) is 74.2 Å². The minimum Gasteiger partial charge on any atom is -0.446 e. The van der Waals surface area contributed by atoms with Crippen molar-refractivity contribution in [2.24, 2.45) is 22.2 Å². The van der Waals surface area contributed by atoms with Gasteiger partial charge in [-0.1, -0.05) is 38.2 Å². The van der Waals surface area contributed by atoms with Gasteiger partial charge in [-0.05, 0) is 125 Å². The number of ether oxygens (including phenoxy) is 1. The van der Waals surface area contributed by atoms with Gasteiger partial charge in [0.05, 0.1) is 17.4 Å². The maximum Gasteiger partial charge on any atom is 0.414 e. The summed E-state index contributed by atoms with van der Waals surface area (Å²) in [4.78, 5) is 35.7. The predicted octanol–water partition coefficient (Wildman–Crippen LogP) is 8.15. The summed E-state index contributed by atoms with van der Waals surface area (Å²) >= 11 is 0. The number of benzene rings is 1. The molecule has 45 heavy (non-hydrogen) atoms. The largest absolute Gasteiger partial charge is 0.446 e. The maximum atomic E-state index is 14.2. The van der Waals surface area contributed by atoms with Gasteiger partial charge in [-0.15, -0.1) is 0 Å². The first-order valence-electron chi connectivity index (χ1n) is 18.6. The summed E-state index contributed by atoms with van der Waals surface area (Å²) < 4.78 is 6.53. The summed E-state index contributed by atoms with van der Waals surface area (Å²) in [5.41, 5.74) is 4.50. The summed E-state index contributed by atoms with van der Waals surface area (Å²) in [6, 6.07) is 6.84. The Labute approximate surface area is 270 Å². The predicted molar refractivity (Wildman–Crippen MR) is 181 cm³/mol. The van der Waals surface area contributed by atoms with E-state index in [1.54, 1.807) is 6.92 Å². The SMILES string of the molecule is CC(=O)N1c2ccc(C3CCC(CC4CC4)=NC3)cc2N(C(=O)OC2CCC3NCCCC3(C3CCCCCCC3)C2)CC1C. The molecule has 0 spiro atoms. The van der Waals surface area contributed by atoms with Crippen LogP contribution in [0.2, 0.25) is 0 Å². The molecule has 0 radical (unpaired) electrons. The van der Waals surface area contributed by atoms with Crippen LogP contribution in [0.5, 0.6) is 0 Å². The Balaban J connectivity index is 1.11. The zero-order valence-electron chi connectivity index (χ0n) is 27.9. The van der Waals surface area contributed by atoms with Crippen molar-refractivity contribution < 1.29 is 14.3 Å². The molecule has 1 aromatic carbocycles. The van der Waals surface area contributed by atoms with Gasteiger partial charge in [-0.2, -0.15) is 0 Å². The molecule has 7 rings (SSSR count). The summed E-state index contributed by atoms with van der Waals surface area (Å²) in [5.74, 6) is 1.96. The van der Waals surface area contributed by atoms with E-state index in [1.165, 1.54) is 88.3 Å². The van der Waals surface area contributed by atoms with E-state index in [0.717, 1.165) is 68.4 Å². The average molecular weight is 617 g/mol. The highest BCUT2D eigenvalue weighted by Gasteiger charge is 2.51. The molecule has 7 nitrogen and oxygen atoms in total. The van der Waals surface area contributed by atoms with Crippen molar-refractivity contribution in [1.82, 2.24) is 5.32 Å². The molecule has 0 bridgehead atoms. The number of piperidine rings is 1. The van der Waals surface area contributed by atoms with E-state index in [0.29, 0.717) is 18.5 Å². The lowest BCUT2D eigenvalue weighted by Crippen LogP contribution is -2.58. The van der Waals surface area contributed by atoms with Gasteiger partial charge in [0.15, 0.2) is 0 Å². The number of hydrogen-bond donors (Lipinski definition) is 1. The molecule has 6 aliphatic rings. The van der Waals surface area contributed by atoms with Crippen molar-refractivity contribution >= 4 is 29.1 Å². The van der Waals surface area contributed by atoms with Gasteiger partial charge in [0, 0.05) is 37.7 Å². The van der Waals surface area contributed by atoms with Gasteiger partial charge < -0.3 is 15.0 Å². The zero-order chi connectivity index (χ0) is 31.0. The number of fused-ring (bicyclic) bond motifs is 2. The maximum absolute atomic E-state index is 14.2. The second-order valence-electron chi connectivity index (χ2n) is 15.6. The highest BCUT2D eigenvalue weighted by atomic mass is 16.6. The highest BCUT2D eigenvalue weighted by molar-refractivity contribution is 6.02. The van der Waals surface area contributed by atoms with Crippen molar-refractivity contribution in [3.63, 3.8) is 0 Å². The van der Waals surface area contributed by atoms with Gasteiger partial charge in [0.1, 0.15) is 6.10 Å². The van der Waals surface area contributed by atoms with Crippen LogP contribution in [0.1, 0.15) is 134 Å². The van der Waals surface area contributed by atoms with Crippen molar-refractivity contribution in [1.29, 1.82) is 0 Å². The third kappa shape index (κ3) is 6.57. The number of carbonyl (C=O) groups excluding carboxylic acids is 2. The molecule has 5 unspecified atom stereocenters. The molecule has 1 saturated heterocycles. The van der Waals surface area contributed by atoms with E-state index in [4.69, 9.17) is 9.73 Å². The first kappa shape index (κ1) is 31.2. The first-order chi connectivity index (χ1) is 21.9. The van der Waals surface area contributed by atoms with Crippen LogP contribution in [0.4, 0.5) is 16.2 Å². The van der Waals surface area contributed by atoms with Crippen LogP contribution >= 0.6 is 0 Å². The summed E-state index contributed by atoms with van der Waals surface area (Å²) in [7, 11) is 0. The van der Waals surface area contributed by atoms with Gasteiger partial charge in [0.25, 0.3) is 0 Å². The van der Waals surface area contributed by atoms with Gasteiger partial charge in [-0.3, -0.25) is 14.7 Å². The second-order valence-corrected chi connectivity index (χ2v) is 15.6. The molecule has 0 aromatic heterocycles. The fourth-order valence-electron chi connectivity index (χ4n) is 9.97. The smallest absolute Gasteiger partial charge is 0.414 e. The molecule has 246 valence electrons. The molecular weight excluding hydrogens is 560 g/mol. The van der Waals surface area contributed by atoms with Crippen LogP contribution in [0, 0.1) is 17.3 Å². The highest BCUT2D eigenvalue weighted by Crippen LogP contribution is 2.52. The number of rotatable bonds is 5. The van der Waals surface area contributed by atoms with Gasteiger partial charge in [0.2, 0.25) is 5.91 Å². The van der Waals surface area contributed by atoms with Crippen LogP contribution in [0.3, 0.4) is 0 Å². The van der Waals surface area contributed by atoms with Crippen molar-refractivity contribution in [2.75, 3.05) is 29.4 Å². The Morgan fingerprint density at radius 3 is 2.51 bits per heavy atom. The van der Waals surface area contributed by atoms with E-state index in [1.807, 2.05) is 16.7 Å².